The van der Waals surface area contributed by atoms with Crippen LogP contribution in [0.15, 0.2) is 17.0 Å². The summed E-state index contributed by atoms with van der Waals surface area (Å²) in [5.41, 5.74) is 3.25. The molecule has 0 aromatic carbocycles. The molecule has 0 aliphatic rings. The predicted molar refractivity (Wildman–Crippen MR) is 68.7 cm³/mol. The number of carbonyl (C=O) groups is 1. The molecule has 2 N–H and O–H groups in total. The van der Waals surface area contributed by atoms with Gasteiger partial charge in [-0.05, 0) is 13.0 Å². The highest BCUT2D eigenvalue weighted by molar-refractivity contribution is 7.10. The summed E-state index contributed by atoms with van der Waals surface area (Å²) in [6.45, 7) is 3.45. The van der Waals surface area contributed by atoms with E-state index in [0.717, 1.165) is 17.1 Å². The van der Waals surface area contributed by atoms with Crippen LogP contribution in [0, 0.1) is 6.92 Å². The number of aromatic carboxylic acids is 1. The first-order chi connectivity index (χ1) is 8.16. The summed E-state index contributed by atoms with van der Waals surface area (Å²) in [5, 5.41) is 13.7. The minimum absolute atomic E-state index is 0.362. The minimum Gasteiger partial charge on any atom is -0.478 e. The van der Waals surface area contributed by atoms with Crippen LogP contribution in [0.2, 0.25) is 0 Å². The number of hydrogen-bond donors (Lipinski definition) is 2. The normalized spacial score (nSPS) is 10.6. The standard InChI is InChI=1S/C11H12N2O2S2/c1-7-10(17-6-13-7)4-12-3-9-2-8(5-16-9)11(14)15/h2,5-6,12H,3-4H2,1H3,(H,14,15). The van der Waals surface area contributed by atoms with Crippen LogP contribution >= 0.6 is 22.7 Å². The summed E-state index contributed by atoms with van der Waals surface area (Å²) in [6, 6.07) is 1.71. The highest BCUT2D eigenvalue weighted by atomic mass is 32.1. The first kappa shape index (κ1) is 12.2. The Labute approximate surface area is 107 Å². The highest BCUT2D eigenvalue weighted by Gasteiger charge is 2.06. The molecule has 2 aromatic heterocycles. The van der Waals surface area contributed by atoms with E-state index in [-0.39, 0.29) is 0 Å². The SMILES string of the molecule is Cc1ncsc1CNCc1cc(C(=O)O)cs1. The van der Waals surface area contributed by atoms with E-state index in [1.54, 1.807) is 22.8 Å². The number of nitrogens with one attached hydrogen (secondary N) is 1. The molecule has 0 aliphatic heterocycles. The monoisotopic (exact) mass is 268 g/mol. The summed E-state index contributed by atoms with van der Waals surface area (Å²) in [6.07, 6.45) is 0. The lowest BCUT2D eigenvalue weighted by atomic mass is 10.3. The third kappa shape index (κ3) is 3.12. The van der Waals surface area contributed by atoms with E-state index in [4.69, 9.17) is 5.11 Å². The van der Waals surface area contributed by atoms with Gasteiger partial charge in [-0.25, -0.2) is 9.78 Å². The average molecular weight is 268 g/mol. The Hall–Kier alpha value is -1.24. The largest absolute Gasteiger partial charge is 0.478 e. The summed E-state index contributed by atoms with van der Waals surface area (Å²) >= 11 is 3.09. The Morgan fingerprint density at radius 1 is 1.47 bits per heavy atom. The van der Waals surface area contributed by atoms with E-state index in [1.807, 2.05) is 12.4 Å². The lowest BCUT2D eigenvalue weighted by Gasteiger charge is -2.01. The molecule has 2 heterocycles. The molecule has 0 spiro atoms. The Morgan fingerprint density at radius 3 is 2.88 bits per heavy atom. The molecule has 0 saturated carbocycles. The zero-order valence-electron chi connectivity index (χ0n) is 9.27. The second-order valence-corrected chi connectivity index (χ2v) is 5.51. The summed E-state index contributed by atoms with van der Waals surface area (Å²) < 4.78 is 0. The van der Waals surface area contributed by atoms with Gasteiger partial charge < -0.3 is 10.4 Å². The van der Waals surface area contributed by atoms with E-state index in [9.17, 15) is 4.79 Å². The molecular formula is C11H12N2O2S2. The van der Waals surface area contributed by atoms with Gasteiger partial charge in [0.1, 0.15) is 0 Å². The Balaban J connectivity index is 1.86. The highest BCUT2D eigenvalue weighted by Crippen LogP contribution is 2.15. The smallest absolute Gasteiger partial charge is 0.336 e. The molecular weight excluding hydrogens is 256 g/mol. The molecule has 6 heteroatoms. The first-order valence-corrected chi connectivity index (χ1v) is 6.83. The van der Waals surface area contributed by atoms with Gasteiger partial charge in [0.15, 0.2) is 0 Å². The number of carboxylic acid groups (broad SMARTS) is 1. The summed E-state index contributed by atoms with van der Waals surface area (Å²) in [5.74, 6) is -0.870. The van der Waals surface area contributed by atoms with Gasteiger partial charge >= 0.3 is 5.97 Å². The van der Waals surface area contributed by atoms with Crippen LogP contribution in [0.3, 0.4) is 0 Å². The van der Waals surface area contributed by atoms with Crippen LogP contribution in [0.5, 0.6) is 0 Å². The van der Waals surface area contributed by atoms with Crippen LogP contribution in [0.25, 0.3) is 0 Å². The summed E-state index contributed by atoms with van der Waals surface area (Å²) in [7, 11) is 0. The van der Waals surface area contributed by atoms with Gasteiger partial charge in [-0.2, -0.15) is 0 Å². The number of nitrogens with zero attached hydrogens (tertiary/aromatic N) is 1. The van der Waals surface area contributed by atoms with Crippen molar-refractivity contribution in [1.82, 2.24) is 10.3 Å². The van der Waals surface area contributed by atoms with Gasteiger partial charge in [-0.3, -0.25) is 0 Å². The lowest BCUT2D eigenvalue weighted by Crippen LogP contribution is -2.11. The molecule has 0 radical (unpaired) electrons. The van der Waals surface area contributed by atoms with Crippen molar-refractivity contribution in [1.29, 1.82) is 0 Å². The zero-order chi connectivity index (χ0) is 12.3. The fraction of sp³-hybridized carbons (Fsp3) is 0.273. The van der Waals surface area contributed by atoms with Crippen molar-refractivity contribution < 1.29 is 9.90 Å². The molecule has 2 rings (SSSR count). The Kier molecular flexibility index (Phi) is 3.88. The molecule has 0 unspecified atom stereocenters. The number of rotatable bonds is 5. The van der Waals surface area contributed by atoms with E-state index in [1.165, 1.54) is 16.2 Å². The van der Waals surface area contributed by atoms with Crippen LogP contribution in [-0.2, 0) is 13.1 Å². The molecule has 17 heavy (non-hydrogen) atoms. The maximum absolute atomic E-state index is 10.7. The molecule has 0 fully saturated rings. The number of thiophene rings is 1. The van der Waals surface area contributed by atoms with Gasteiger partial charge in [0.05, 0.1) is 16.8 Å². The lowest BCUT2D eigenvalue weighted by molar-refractivity contribution is 0.0697. The fourth-order valence-electron chi connectivity index (χ4n) is 1.38. The van der Waals surface area contributed by atoms with Crippen molar-refractivity contribution in [2.24, 2.45) is 0 Å². The van der Waals surface area contributed by atoms with Gasteiger partial charge in [-0.1, -0.05) is 0 Å². The quantitative estimate of drug-likeness (QED) is 0.874. The van der Waals surface area contributed by atoms with Crippen LogP contribution in [-0.4, -0.2) is 16.1 Å². The molecule has 4 nitrogen and oxygen atoms in total. The third-order valence-corrected chi connectivity index (χ3v) is 4.20. The molecule has 0 amide bonds. The second kappa shape index (κ2) is 5.39. The van der Waals surface area contributed by atoms with Crippen LogP contribution in [0.4, 0.5) is 0 Å². The van der Waals surface area contributed by atoms with Crippen LogP contribution in [0.1, 0.15) is 25.8 Å². The van der Waals surface area contributed by atoms with Crippen molar-refractivity contribution in [3.8, 4) is 0 Å². The van der Waals surface area contributed by atoms with Gasteiger partial charge in [0.2, 0.25) is 0 Å². The van der Waals surface area contributed by atoms with Crippen LogP contribution < -0.4 is 5.32 Å². The number of aromatic nitrogens is 1. The number of thiazole rings is 1. The van der Waals surface area contributed by atoms with E-state index in [2.05, 4.69) is 10.3 Å². The molecule has 0 aliphatic carbocycles. The van der Waals surface area contributed by atoms with E-state index >= 15 is 0 Å². The Bertz CT molecular complexity index is 519. The number of carboxylic acids is 1. The minimum atomic E-state index is -0.870. The van der Waals surface area contributed by atoms with Crippen molar-refractivity contribution in [2.45, 2.75) is 20.0 Å². The first-order valence-electron chi connectivity index (χ1n) is 5.07. The second-order valence-electron chi connectivity index (χ2n) is 3.57. The zero-order valence-corrected chi connectivity index (χ0v) is 10.9. The summed E-state index contributed by atoms with van der Waals surface area (Å²) in [4.78, 5) is 17.1. The maximum Gasteiger partial charge on any atom is 0.336 e. The maximum atomic E-state index is 10.7. The van der Waals surface area contributed by atoms with Gasteiger partial charge in [0.25, 0.3) is 0 Å². The number of aryl methyl sites for hydroxylation is 1. The van der Waals surface area contributed by atoms with Gasteiger partial charge in [-0.15, -0.1) is 22.7 Å². The fourth-order valence-corrected chi connectivity index (χ4v) is 2.95. The van der Waals surface area contributed by atoms with E-state index in [0.29, 0.717) is 12.1 Å². The average Bonchev–Trinajstić information content (AvgIpc) is 2.89. The molecule has 0 atom stereocenters. The van der Waals surface area contributed by atoms with E-state index < -0.39 is 5.97 Å². The number of hydrogen-bond acceptors (Lipinski definition) is 5. The van der Waals surface area contributed by atoms with Gasteiger partial charge in [0, 0.05) is 28.2 Å². The van der Waals surface area contributed by atoms with Crippen molar-refractivity contribution in [3.05, 3.63) is 38.0 Å². The third-order valence-electron chi connectivity index (χ3n) is 2.33. The molecule has 90 valence electrons. The Morgan fingerprint density at radius 2 is 2.29 bits per heavy atom. The molecule has 0 bridgehead atoms. The molecule has 0 saturated heterocycles. The van der Waals surface area contributed by atoms with Crippen molar-refractivity contribution >= 4 is 28.6 Å². The predicted octanol–water partition coefficient (Wildman–Crippen LogP) is 2.50. The topological polar surface area (TPSA) is 62.2 Å². The van der Waals surface area contributed by atoms with Crippen molar-refractivity contribution in [2.75, 3.05) is 0 Å². The van der Waals surface area contributed by atoms with Crippen molar-refractivity contribution in [3.63, 3.8) is 0 Å². The molecule has 2 aromatic rings.